The smallest absolute Gasteiger partial charge is 0.185 e. The largest absolute Gasteiger partial charge is 0.348 e. The number of rotatable bonds is 3. The van der Waals surface area contributed by atoms with Gasteiger partial charge in [0.25, 0.3) is 0 Å². The number of fused-ring (bicyclic) bond motifs is 1. The van der Waals surface area contributed by atoms with Gasteiger partial charge < -0.3 is 4.90 Å². The summed E-state index contributed by atoms with van der Waals surface area (Å²) in [5.74, 6) is 2.12. The highest BCUT2D eigenvalue weighted by molar-refractivity contribution is 7.13. The summed E-state index contributed by atoms with van der Waals surface area (Å²) in [5, 5.41) is 16.7. The van der Waals surface area contributed by atoms with Crippen LogP contribution in [0, 0.1) is 0 Å². The molecule has 4 heterocycles. The van der Waals surface area contributed by atoms with Gasteiger partial charge in [-0.3, -0.25) is 0 Å². The van der Waals surface area contributed by atoms with Gasteiger partial charge in [0.2, 0.25) is 0 Å². The highest BCUT2D eigenvalue weighted by Gasteiger charge is 2.28. The molecule has 0 spiro atoms. The number of hydrogen-bond donors (Lipinski definition) is 0. The summed E-state index contributed by atoms with van der Waals surface area (Å²) in [6.45, 7) is 2.05. The van der Waals surface area contributed by atoms with E-state index in [2.05, 4.69) is 32.2 Å². The molecule has 6 nitrogen and oxygen atoms in total. The van der Waals surface area contributed by atoms with Crippen LogP contribution in [0.2, 0.25) is 0 Å². The average Bonchev–Trinajstić information content (AvgIpc) is 3.14. The zero-order valence-electron chi connectivity index (χ0n) is 12.8. The molecule has 23 heavy (non-hydrogen) atoms. The van der Waals surface area contributed by atoms with Gasteiger partial charge in [-0.15, -0.1) is 21.5 Å². The van der Waals surface area contributed by atoms with Crippen LogP contribution in [-0.4, -0.2) is 37.9 Å². The van der Waals surface area contributed by atoms with Crippen LogP contribution in [-0.2, 0) is 0 Å². The summed E-state index contributed by atoms with van der Waals surface area (Å²) in [5.41, 5.74) is 2.06. The molecule has 0 N–H and O–H groups in total. The molecule has 2 aliphatic rings. The van der Waals surface area contributed by atoms with Crippen LogP contribution in [0.25, 0.3) is 5.65 Å². The minimum atomic E-state index is 0.433. The highest BCUT2D eigenvalue weighted by Crippen LogP contribution is 2.39. The van der Waals surface area contributed by atoms with E-state index >= 15 is 0 Å². The van der Waals surface area contributed by atoms with Crippen LogP contribution >= 0.6 is 11.3 Å². The Morgan fingerprint density at radius 2 is 1.87 bits per heavy atom. The summed E-state index contributed by atoms with van der Waals surface area (Å²) in [6.07, 6.45) is 6.57. The van der Waals surface area contributed by atoms with Gasteiger partial charge in [0, 0.05) is 36.5 Å². The number of aromatic nitrogens is 5. The Balaban J connectivity index is 1.39. The average molecular weight is 326 g/mol. The summed E-state index contributed by atoms with van der Waals surface area (Å²) in [7, 11) is 0. The van der Waals surface area contributed by atoms with Crippen molar-refractivity contribution >= 4 is 22.1 Å². The molecule has 1 aliphatic heterocycles. The van der Waals surface area contributed by atoms with Crippen molar-refractivity contribution in [3.05, 3.63) is 35.2 Å². The molecule has 0 atom stereocenters. The molecular formula is C16H18N6S. The predicted molar refractivity (Wildman–Crippen MR) is 89.1 cm³/mol. The Morgan fingerprint density at radius 3 is 2.61 bits per heavy atom. The van der Waals surface area contributed by atoms with Crippen molar-refractivity contribution in [2.45, 2.75) is 37.5 Å². The van der Waals surface area contributed by atoms with Crippen molar-refractivity contribution in [1.29, 1.82) is 0 Å². The van der Waals surface area contributed by atoms with E-state index < -0.39 is 0 Å². The lowest BCUT2D eigenvalue weighted by Crippen LogP contribution is -2.33. The number of hydrogen-bond acceptors (Lipinski definition) is 6. The normalized spacial score (nSPS) is 19.6. The van der Waals surface area contributed by atoms with Crippen LogP contribution < -0.4 is 4.90 Å². The predicted octanol–water partition coefficient (Wildman–Crippen LogP) is 2.84. The maximum Gasteiger partial charge on any atom is 0.185 e. The molecule has 0 unspecified atom stereocenters. The molecule has 118 valence electrons. The van der Waals surface area contributed by atoms with E-state index in [4.69, 9.17) is 5.10 Å². The van der Waals surface area contributed by atoms with Crippen molar-refractivity contribution in [1.82, 2.24) is 24.8 Å². The fraction of sp³-hybridized carbons (Fsp3) is 0.500. The van der Waals surface area contributed by atoms with Crippen LogP contribution in [0.1, 0.15) is 49.0 Å². The molecule has 3 aromatic rings. The summed E-state index contributed by atoms with van der Waals surface area (Å²) < 4.78 is 1.98. The minimum absolute atomic E-state index is 0.433. The summed E-state index contributed by atoms with van der Waals surface area (Å²) in [6, 6.07) is 4.17. The molecule has 1 saturated heterocycles. The second-order valence-corrected chi connectivity index (χ2v) is 7.31. The molecule has 1 saturated carbocycles. The third kappa shape index (κ3) is 2.39. The molecule has 7 heteroatoms. The third-order valence-electron chi connectivity index (χ3n) is 4.85. The molecule has 3 aromatic heterocycles. The van der Waals surface area contributed by atoms with Gasteiger partial charge >= 0.3 is 0 Å². The molecule has 0 radical (unpaired) electrons. The van der Waals surface area contributed by atoms with Crippen LogP contribution in [0.4, 0.5) is 5.13 Å². The van der Waals surface area contributed by atoms with Gasteiger partial charge in [-0.25, -0.2) is 4.98 Å². The zero-order valence-corrected chi connectivity index (χ0v) is 13.6. The number of thiazole rings is 1. The fourth-order valence-electron chi connectivity index (χ4n) is 3.37. The number of anilines is 1. The maximum absolute atomic E-state index is 4.81. The second kappa shape index (κ2) is 5.26. The Kier molecular flexibility index (Phi) is 3.07. The van der Waals surface area contributed by atoms with Gasteiger partial charge in [0.05, 0.1) is 5.69 Å². The molecule has 0 amide bonds. The Bertz CT molecular complexity index is 814. The Labute approximate surface area is 138 Å². The first-order valence-corrected chi connectivity index (χ1v) is 9.13. The zero-order chi connectivity index (χ0) is 15.2. The van der Waals surface area contributed by atoms with Gasteiger partial charge in [0.15, 0.2) is 16.6 Å². The van der Waals surface area contributed by atoms with E-state index in [0.717, 1.165) is 42.5 Å². The minimum Gasteiger partial charge on any atom is -0.348 e. The van der Waals surface area contributed by atoms with Crippen molar-refractivity contribution in [2.24, 2.45) is 0 Å². The first-order chi connectivity index (χ1) is 11.4. The number of piperidine rings is 1. The molecule has 5 rings (SSSR count). The highest BCUT2D eigenvalue weighted by atomic mass is 32.1. The molecule has 1 aliphatic carbocycles. The standard InChI is InChI=1S/C16H18N6S/c1-2-11(1)13-3-4-14-18-19-15(22(14)20-13)12-5-8-21(9-6-12)16-17-7-10-23-16/h3-4,7,10-12H,1-2,5-6,8-9H2. The quantitative estimate of drug-likeness (QED) is 0.741. The van der Waals surface area contributed by atoms with E-state index in [0.29, 0.717) is 11.8 Å². The van der Waals surface area contributed by atoms with Crippen LogP contribution in [0.15, 0.2) is 23.7 Å². The van der Waals surface area contributed by atoms with Crippen molar-refractivity contribution < 1.29 is 0 Å². The van der Waals surface area contributed by atoms with Crippen molar-refractivity contribution in [2.75, 3.05) is 18.0 Å². The first kappa shape index (κ1) is 13.4. The van der Waals surface area contributed by atoms with Gasteiger partial charge in [-0.2, -0.15) is 9.61 Å². The molecule has 0 bridgehead atoms. The van der Waals surface area contributed by atoms with Crippen LogP contribution in [0.3, 0.4) is 0 Å². The van der Waals surface area contributed by atoms with Crippen LogP contribution in [0.5, 0.6) is 0 Å². The lowest BCUT2D eigenvalue weighted by Gasteiger charge is -2.30. The van der Waals surface area contributed by atoms with E-state index in [1.807, 2.05) is 16.1 Å². The van der Waals surface area contributed by atoms with E-state index in [-0.39, 0.29) is 0 Å². The summed E-state index contributed by atoms with van der Waals surface area (Å²) in [4.78, 5) is 6.78. The van der Waals surface area contributed by atoms with Gasteiger partial charge in [-0.1, -0.05) is 0 Å². The maximum atomic E-state index is 4.81. The van der Waals surface area contributed by atoms with Crippen molar-refractivity contribution in [3.63, 3.8) is 0 Å². The Morgan fingerprint density at radius 1 is 1.00 bits per heavy atom. The SMILES string of the molecule is c1csc(N2CCC(c3nnc4ccc(C5CC5)nn34)CC2)n1. The topological polar surface area (TPSA) is 59.2 Å². The lowest BCUT2D eigenvalue weighted by molar-refractivity contribution is 0.476. The lowest BCUT2D eigenvalue weighted by atomic mass is 9.96. The van der Waals surface area contributed by atoms with E-state index in [9.17, 15) is 0 Å². The van der Waals surface area contributed by atoms with E-state index in [1.165, 1.54) is 18.5 Å². The fourth-order valence-corrected chi connectivity index (χ4v) is 4.07. The molecular weight excluding hydrogens is 308 g/mol. The van der Waals surface area contributed by atoms with Gasteiger partial charge in [-0.05, 0) is 37.8 Å². The summed E-state index contributed by atoms with van der Waals surface area (Å²) >= 11 is 1.71. The Hall–Kier alpha value is -2.02. The third-order valence-corrected chi connectivity index (χ3v) is 5.69. The van der Waals surface area contributed by atoms with Gasteiger partial charge in [0.1, 0.15) is 0 Å². The van der Waals surface area contributed by atoms with Crippen molar-refractivity contribution in [3.8, 4) is 0 Å². The first-order valence-electron chi connectivity index (χ1n) is 8.25. The van der Waals surface area contributed by atoms with E-state index in [1.54, 1.807) is 11.3 Å². The monoisotopic (exact) mass is 326 g/mol. The molecule has 2 fully saturated rings. The second-order valence-electron chi connectivity index (χ2n) is 6.44. The molecule has 0 aromatic carbocycles. The number of nitrogens with zero attached hydrogens (tertiary/aromatic N) is 6.